The van der Waals surface area contributed by atoms with Crippen LogP contribution < -0.4 is 0 Å². The molecule has 7 nitrogen and oxygen atoms in total. The number of hydrogen-bond donors (Lipinski definition) is 1. The van der Waals surface area contributed by atoms with Crippen LogP contribution in [0, 0.1) is 10.1 Å². The molecule has 2 aromatic heterocycles. The summed E-state index contributed by atoms with van der Waals surface area (Å²) < 4.78 is 1.36. The van der Waals surface area contributed by atoms with Gasteiger partial charge in [-0.15, -0.1) is 11.3 Å². The number of thiazole rings is 1. The molecule has 1 N–H and O–H groups in total. The number of nitrogens with zero attached hydrogens (tertiary/aromatic N) is 4. The lowest BCUT2D eigenvalue weighted by Gasteiger charge is -1.94. The van der Waals surface area contributed by atoms with Crippen molar-refractivity contribution in [3.63, 3.8) is 0 Å². The van der Waals surface area contributed by atoms with Crippen LogP contribution in [0.5, 0.6) is 0 Å². The minimum atomic E-state index is -0.503. The Labute approximate surface area is 94.2 Å². The Bertz CT molecular complexity index is 533. The summed E-state index contributed by atoms with van der Waals surface area (Å²) in [5.41, 5.74) is 0.533. The predicted octanol–water partition coefficient (Wildman–Crippen LogP) is 0.944. The standard InChI is InChI=1S/C8H8N4O3S/c1-11-6(12(14)15)2-9-7(11)8-10-5(3-13)4-16-8/h2,4,13H,3H2,1H3. The Kier molecular flexibility index (Phi) is 2.67. The van der Waals surface area contributed by atoms with Crippen molar-refractivity contribution in [3.8, 4) is 10.8 Å². The van der Waals surface area contributed by atoms with E-state index in [-0.39, 0.29) is 12.4 Å². The monoisotopic (exact) mass is 240 g/mol. The summed E-state index contributed by atoms with van der Waals surface area (Å²) in [4.78, 5) is 18.2. The minimum Gasteiger partial charge on any atom is -0.390 e. The van der Waals surface area contributed by atoms with Crippen LogP contribution in [0.25, 0.3) is 10.8 Å². The molecule has 0 aliphatic heterocycles. The summed E-state index contributed by atoms with van der Waals surface area (Å²) in [6.45, 7) is -0.150. The Hall–Kier alpha value is -1.80. The zero-order valence-electron chi connectivity index (χ0n) is 8.32. The fourth-order valence-corrected chi connectivity index (χ4v) is 2.09. The molecule has 0 saturated heterocycles. The van der Waals surface area contributed by atoms with Crippen LogP contribution in [0.3, 0.4) is 0 Å². The predicted molar refractivity (Wildman–Crippen MR) is 56.9 cm³/mol. The smallest absolute Gasteiger partial charge is 0.342 e. The Morgan fingerprint density at radius 3 is 2.94 bits per heavy atom. The van der Waals surface area contributed by atoms with Gasteiger partial charge in [0.25, 0.3) is 5.82 Å². The Morgan fingerprint density at radius 1 is 1.69 bits per heavy atom. The van der Waals surface area contributed by atoms with Crippen molar-refractivity contribution in [3.05, 3.63) is 27.4 Å². The molecule has 16 heavy (non-hydrogen) atoms. The van der Waals surface area contributed by atoms with E-state index in [1.54, 1.807) is 12.4 Å². The van der Waals surface area contributed by atoms with Crippen molar-refractivity contribution in [1.82, 2.24) is 14.5 Å². The van der Waals surface area contributed by atoms with Crippen molar-refractivity contribution in [2.45, 2.75) is 6.61 Å². The molecule has 0 aliphatic carbocycles. The fraction of sp³-hybridized carbons (Fsp3) is 0.250. The van der Waals surface area contributed by atoms with Gasteiger partial charge in [0.1, 0.15) is 6.20 Å². The molecule has 0 amide bonds. The number of aliphatic hydroxyl groups excluding tert-OH is 1. The summed E-state index contributed by atoms with van der Waals surface area (Å²) in [5, 5.41) is 21.7. The summed E-state index contributed by atoms with van der Waals surface area (Å²) in [6.07, 6.45) is 1.19. The van der Waals surface area contributed by atoms with E-state index in [4.69, 9.17) is 5.11 Å². The molecule has 2 rings (SSSR count). The minimum absolute atomic E-state index is 0.0873. The number of nitro groups is 1. The van der Waals surface area contributed by atoms with Crippen LogP contribution in [-0.2, 0) is 13.7 Å². The van der Waals surface area contributed by atoms with Crippen molar-refractivity contribution >= 4 is 17.2 Å². The molecule has 0 atom stereocenters. The van der Waals surface area contributed by atoms with Crippen LogP contribution >= 0.6 is 11.3 Å². The molecule has 0 spiro atoms. The topological polar surface area (TPSA) is 94.1 Å². The largest absolute Gasteiger partial charge is 0.390 e. The maximum atomic E-state index is 10.6. The number of rotatable bonds is 3. The molecule has 0 aliphatic rings. The number of imidazole rings is 1. The van der Waals surface area contributed by atoms with Gasteiger partial charge in [-0.2, -0.15) is 0 Å². The zero-order valence-corrected chi connectivity index (χ0v) is 9.14. The van der Waals surface area contributed by atoms with Gasteiger partial charge in [0.15, 0.2) is 5.01 Å². The molecular weight excluding hydrogens is 232 g/mol. The lowest BCUT2D eigenvalue weighted by atomic mass is 10.5. The second kappa shape index (κ2) is 3.99. The summed E-state index contributed by atoms with van der Waals surface area (Å²) >= 11 is 1.29. The van der Waals surface area contributed by atoms with Gasteiger partial charge < -0.3 is 15.2 Å². The second-order valence-electron chi connectivity index (χ2n) is 3.06. The van der Waals surface area contributed by atoms with Crippen LogP contribution in [0.2, 0.25) is 0 Å². The third-order valence-corrected chi connectivity index (χ3v) is 2.94. The maximum Gasteiger partial charge on any atom is 0.342 e. The molecule has 2 aromatic rings. The number of aromatic nitrogens is 3. The summed E-state index contributed by atoms with van der Waals surface area (Å²) in [7, 11) is 1.56. The molecule has 0 saturated carbocycles. The van der Waals surface area contributed by atoms with Crippen LogP contribution in [0.4, 0.5) is 5.82 Å². The van der Waals surface area contributed by atoms with E-state index >= 15 is 0 Å². The second-order valence-corrected chi connectivity index (χ2v) is 3.92. The van der Waals surface area contributed by atoms with E-state index in [1.165, 1.54) is 22.1 Å². The van der Waals surface area contributed by atoms with Crippen molar-refractivity contribution < 1.29 is 10.0 Å². The van der Waals surface area contributed by atoms with E-state index in [9.17, 15) is 10.1 Å². The average molecular weight is 240 g/mol. The van der Waals surface area contributed by atoms with E-state index in [1.807, 2.05) is 0 Å². The fourth-order valence-electron chi connectivity index (χ4n) is 1.25. The highest BCUT2D eigenvalue weighted by Gasteiger charge is 2.20. The molecule has 84 valence electrons. The molecule has 0 unspecified atom stereocenters. The lowest BCUT2D eigenvalue weighted by Crippen LogP contribution is -1.98. The molecule has 0 radical (unpaired) electrons. The van der Waals surface area contributed by atoms with Gasteiger partial charge in [0.05, 0.1) is 19.3 Å². The van der Waals surface area contributed by atoms with Crippen molar-refractivity contribution in [1.29, 1.82) is 0 Å². The first kappa shape index (κ1) is 10.7. The van der Waals surface area contributed by atoms with Gasteiger partial charge in [0.2, 0.25) is 0 Å². The van der Waals surface area contributed by atoms with Gasteiger partial charge in [-0.3, -0.25) is 0 Å². The van der Waals surface area contributed by atoms with Gasteiger partial charge in [0, 0.05) is 5.38 Å². The SMILES string of the molecule is Cn1c([N+](=O)[O-])cnc1-c1nc(CO)cs1. The quantitative estimate of drug-likeness (QED) is 0.636. The third kappa shape index (κ3) is 1.68. The molecular formula is C8H8N4O3S. The van der Waals surface area contributed by atoms with Gasteiger partial charge in [-0.25, -0.2) is 14.5 Å². The highest BCUT2D eigenvalue weighted by molar-refractivity contribution is 7.13. The number of aliphatic hydroxyl groups is 1. The Morgan fingerprint density at radius 2 is 2.44 bits per heavy atom. The van der Waals surface area contributed by atoms with E-state index in [0.29, 0.717) is 16.5 Å². The highest BCUT2D eigenvalue weighted by Crippen LogP contribution is 2.25. The van der Waals surface area contributed by atoms with Gasteiger partial charge >= 0.3 is 5.82 Å². The summed E-state index contributed by atoms with van der Waals surface area (Å²) in [6, 6.07) is 0. The average Bonchev–Trinajstić information content (AvgIpc) is 2.83. The van der Waals surface area contributed by atoms with Crippen molar-refractivity contribution in [2.24, 2.45) is 7.05 Å². The maximum absolute atomic E-state index is 10.6. The van der Waals surface area contributed by atoms with E-state index in [2.05, 4.69) is 9.97 Å². The zero-order chi connectivity index (χ0) is 11.7. The Balaban J connectivity index is 2.44. The van der Waals surface area contributed by atoms with E-state index in [0.717, 1.165) is 0 Å². The van der Waals surface area contributed by atoms with Crippen LogP contribution in [-0.4, -0.2) is 24.6 Å². The third-order valence-electron chi connectivity index (χ3n) is 2.06. The number of hydrogen-bond acceptors (Lipinski definition) is 6. The first-order valence-corrected chi connectivity index (χ1v) is 5.23. The lowest BCUT2D eigenvalue weighted by molar-refractivity contribution is -0.391. The van der Waals surface area contributed by atoms with Crippen LogP contribution in [0.15, 0.2) is 11.6 Å². The molecule has 0 aromatic carbocycles. The molecule has 2 heterocycles. The van der Waals surface area contributed by atoms with Crippen molar-refractivity contribution in [2.75, 3.05) is 0 Å². The van der Waals surface area contributed by atoms with Crippen LogP contribution in [0.1, 0.15) is 5.69 Å². The van der Waals surface area contributed by atoms with Gasteiger partial charge in [-0.05, 0) is 4.92 Å². The summed E-state index contributed by atoms with van der Waals surface area (Å²) in [5.74, 6) is 0.340. The van der Waals surface area contributed by atoms with Gasteiger partial charge in [-0.1, -0.05) is 0 Å². The highest BCUT2D eigenvalue weighted by atomic mass is 32.1. The first-order chi connectivity index (χ1) is 7.63. The van der Waals surface area contributed by atoms with E-state index < -0.39 is 4.92 Å². The normalized spacial score (nSPS) is 10.6. The molecule has 8 heteroatoms. The first-order valence-electron chi connectivity index (χ1n) is 4.35. The molecule has 0 bridgehead atoms. The molecule has 0 fully saturated rings.